The summed E-state index contributed by atoms with van der Waals surface area (Å²) in [6.45, 7) is 0. The average molecular weight is 180 g/mol. The molecular formula is C9H8O4. The van der Waals surface area contributed by atoms with Gasteiger partial charge in [-0.25, -0.2) is 4.79 Å². The standard InChI is InChI=1S/C9H8O4/c10-7-3-1-6(2-4-7)5-8(11)9(12)13/h1-3H,4-5H2,(H,12,13). The van der Waals surface area contributed by atoms with Gasteiger partial charge in [0.15, 0.2) is 5.78 Å². The molecule has 0 aliphatic heterocycles. The highest BCUT2D eigenvalue weighted by atomic mass is 16.4. The second-order valence-electron chi connectivity index (χ2n) is 2.69. The number of carbonyl (C=O) groups is 3. The van der Waals surface area contributed by atoms with Gasteiger partial charge in [-0.2, -0.15) is 0 Å². The van der Waals surface area contributed by atoms with Crippen LogP contribution in [-0.4, -0.2) is 22.6 Å². The molecule has 0 saturated heterocycles. The number of rotatable bonds is 3. The number of ketones is 2. The van der Waals surface area contributed by atoms with Crippen molar-refractivity contribution in [1.82, 2.24) is 0 Å². The van der Waals surface area contributed by atoms with Crippen molar-refractivity contribution in [2.75, 3.05) is 0 Å². The molecule has 4 heteroatoms. The van der Waals surface area contributed by atoms with Gasteiger partial charge in [-0.3, -0.25) is 9.59 Å². The Morgan fingerprint density at radius 3 is 2.54 bits per heavy atom. The lowest BCUT2D eigenvalue weighted by molar-refractivity contribution is -0.148. The number of carboxylic acid groups (broad SMARTS) is 1. The minimum absolute atomic E-state index is 0.0356. The van der Waals surface area contributed by atoms with E-state index in [1.807, 2.05) is 0 Å². The topological polar surface area (TPSA) is 71.4 Å². The van der Waals surface area contributed by atoms with E-state index >= 15 is 0 Å². The fraction of sp³-hybridized carbons (Fsp3) is 0.222. The summed E-state index contributed by atoms with van der Waals surface area (Å²) in [7, 11) is 0. The van der Waals surface area contributed by atoms with Gasteiger partial charge in [0.05, 0.1) is 0 Å². The van der Waals surface area contributed by atoms with E-state index in [2.05, 4.69) is 0 Å². The van der Waals surface area contributed by atoms with Gasteiger partial charge in [-0.05, 0) is 11.6 Å². The smallest absolute Gasteiger partial charge is 0.372 e. The summed E-state index contributed by atoms with van der Waals surface area (Å²) >= 11 is 0. The van der Waals surface area contributed by atoms with Crippen LogP contribution >= 0.6 is 0 Å². The molecule has 0 fully saturated rings. The molecule has 0 aromatic rings. The van der Waals surface area contributed by atoms with Crippen molar-refractivity contribution < 1.29 is 19.5 Å². The fourth-order valence-corrected chi connectivity index (χ4v) is 0.960. The highest BCUT2D eigenvalue weighted by Crippen LogP contribution is 2.11. The van der Waals surface area contributed by atoms with Gasteiger partial charge < -0.3 is 5.11 Å². The van der Waals surface area contributed by atoms with Gasteiger partial charge in [-0.1, -0.05) is 12.2 Å². The highest BCUT2D eigenvalue weighted by Gasteiger charge is 2.14. The zero-order chi connectivity index (χ0) is 9.84. The van der Waals surface area contributed by atoms with Crippen molar-refractivity contribution >= 4 is 17.5 Å². The van der Waals surface area contributed by atoms with E-state index in [4.69, 9.17) is 5.11 Å². The summed E-state index contributed by atoms with van der Waals surface area (Å²) in [5.41, 5.74) is 0.590. The lowest BCUT2D eigenvalue weighted by Crippen LogP contribution is -2.13. The number of hydrogen-bond acceptors (Lipinski definition) is 3. The number of carboxylic acids is 1. The summed E-state index contributed by atoms with van der Waals surface area (Å²) in [6.07, 6.45) is 4.51. The molecule has 68 valence electrons. The van der Waals surface area contributed by atoms with Crippen LogP contribution in [0, 0.1) is 0 Å². The van der Waals surface area contributed by atoms with Crippen molar-refractivity contribution in [1.29, 1.82) is 0 Å². The van der Waals surface area contributed by atoms with Crippen molar-refractivity contribution in [2.45, 2.75) is 12.8 Å². The molecule has 0 radical (unpaired) electrons. The Kier molecular flexibility index (Phi) is 2.74. The number of carbonyl (C=O) groups excluding carboxylic acids is 2. The summed E-state index contributed by atoms with van der Waals surface area (Å²) in [5.74, 6) is -2.33. The van der Waals surface area contributed by atoms with Crippen LogP contribution in [-0.2, 0) is 14.4 Å². The molecule has 0 aromatic heterocycles. The summed E-state index contributed by atoms with van der Waals surface area (Å²) in [4.78, 5) is 31.6. The predicted molar refractivity (Wildman–Crippen MR) is 44.1 cm³/mol. The second kappa shape index (κ2) is 3.80. The second-order valence-corrected chi connectivity index (χ2v) is 2.69. The van der Waals surface area contributed by atoms with Gasteiger partial charge >= 0.3 is 5.97 Å². The third kappa shape index (κ3) is 2.66. The van der Waals surface area contributed by atoms with Crippen LogP contribution in [0.4, 0.5) is 0 Å². The third-order valence-electron chi connectivity index (χ3n) is 1.65. The maximum atomic E-state index is 10.7. The van der Waals surface area contributed by atoms with E-state index in [-0.39, 0.29) is 18.6 Å². The summed E-state index contributed by atoms with van der Waals surface area (Å²) in [6, 6.07) is 0. The van der Waals surface area contributed by atoms with Gasteiger partial charge in [0.1, 0.15) is 0 Å². The third-order valence-corrected chi connectivity index (χ3v) is 1.65. The lowest BCUT2D eigenvalue weighted by atomic mass is 10.0. The Morgan fingerprint density at radius 1 is 1.38 bits per heavy atom. The van der Waals surface area contributed by atoms with E-state index in [0.717, 1.165) is 0 Å². The molecule has 0 unspecified atom stereocenters. The number of allylic oxidation sites excluding steroid dienone is 4. The molecule has 0 spiro atoms. The van der Waals surface area contributed by atoms with Crippen molar-refractivity contribution in [3.63, 3.8) is 0 Å². The Bertz CT molecular complexity index is 323. The van der Waals surface area contributed by atoms with Crippen molar-refractivity contribution in [2.24, 2.45) is 0 Å². The maximum Gasteiger partial charge on any atom is 0.372 e. The highest BCUT2D eigenvalue weighted by molar-refractivity contribution is 6.33. The quantitative estimate of drug-likeness (QED) is 0.641. The maximum absolute atomic E-state index is 10.7. The molecule has 1 N–H and O–H groups in total. The van der Waals surface area contributed by atoms with Crippen LogP contribution in [0.5, 0.6) is 0 Å². The molecule has 1 rings (SSSR count). The van der Waals surface area contributed by atoms with Crippen molar-refractivity contribution in [3.8, 4) is 0 Å². The van der Waals surface area contributed by atoms with Gasteiger partial charge in [0.25, 0.3) is 0 Å². The van der Waals surface area contributed by atoms with Crippen LogP contribution in [0.1, 0.15) is 12.8 Å². The molecule has 13 heavy (non-hydrogen) atoms. The predicted octanol–water partition coefficient (Wildman–Crippen LogP) is 0.486. The van der Waals surface area contributed by atoms with E-state index < -0.39 is 11.8 Å². The van der Waals surface area contributed by atoms with Crippen LogP contribution < -0.4 is 0 Å². The van der Waals surface area contributed by atoms with Crippen molar-refractivity contribution in [3.05, 3.63) is 23.8 Å². The van der Waals surface area contributed by atoms with E-state index in [1.54, 1.807) is 6.08 Å². The molecule has 0 bridgehead atoms. The first kappa shape index (κ1) is 9.38. The first-order chi connectivity index (χ1) is 6.09. The molecule has 0 amide bonds. The van der Waals surface area contributed by atoms with Crippen LogP contribution in [0.2, 0.25) is 0 Å². The average Bonchev–Trinajstić information content (AvgIpc) is 2.08. The Morgan fingerprint density at radius 2 is 2.08 bits per heavy atom. The van der Waals surface area contributed by atoms with E-state index in [9.17, 15) is 14.4 Å². The molecular weight excluding hydrogens is 172 g/mol. The monoisotopic (exact) mass is 180 g/mol. The molecule has 1 aliphatic carbocycles. The Hall–Kier alpha value is -1.71. The molecule has 0 aromatic carbocycles. The van der Waals surface area contributed by atoms with Crippen LogP contribution in [0.25, 0.3) is 0 Å². The zero-order valence-corrected chi connectivity index (χ0v) is 6.82. The van der Waals surface area contributed by atoms with E-state index in [1.165, 1.54) is 12.2 Å². The van der Waals surface area contributed by atoms with Crippen LogP contribution in [0.3, 0.4) is 0 Å². The lowest BCUT2D eigenvalue weighted by Gasteiger charge is -2.02. The first-order valence-electron chi connectivity index (χ1n) is 3.75. The molecule has 0 saturated carbocycles. The number of Topliss-reactive ketones (excluding diaryl/α,β-unsaturated/α-hetero) is 1. The Labute approximate surface area is 74.6 Å². The van der Waals surface area contributed by atoms with E-state index in [0.29, 0.717) is 5.57 Å². The van der Waals surface area contributed by atoms with Gasteiger partial charge in [0.2, 0.25) is 5.78 Å². The number of aliphatic carboxylic acids is 1. The largest absolute Gasteiger partial charge is 0.475 e. The molecule has 4 nitrogen and oxygen atoms in total. The minimum Gasteiger partial charge on any atom is -0.475 e. The molecule has 0 atom stereocenters. The summed E-state index contributed by atoms with van der Waals surface area (Å²) < 4.78 is 0. The fourth-order valence-electron chi connectivity index (χ4n) is 0.960. The molecule has 1 aliphatic rings. The summed E-state index contributed by atoms with van der Waals surface area (Å²) in [5, 5.41) is 8.30. The Balaban J connectivity index is 2.57. The molecule has 0 heterocycles. The first-order valence-corrected chi connectivity index (χ1v) is 3.75. The van der Waals surface area contributed by atoms with Crippen LogP contribution in [0.15, 0.2) is 23.8 Å². The zero-order valence-electron chi connectivity index (χ0n) is 6.82. The minimum atomic E-state index is -1.44. The SMILES string of the molecule is O=C1C=CC(CC(=O)C(=O)O)=CC1. The van der Waals surface area contributed by atoms with Gasteiger partial charge in [0, 0.05) is 12.8 Å². The normalized spacial score (nSPS) is 15.4. The number of hydrogen-bond donors (Lipinski definition) is 1. The van der Waals surface area contributed by atoms with Gasteiger partial charge in [-0.15, -0.1) is 0 Å².